The van der Waals surface area contributed by atoms with E-state index < -0.39 is 0 Å². The molecule has 1 amide bonds. The van der Waals surface area contributed by atoms with Crippen molar-refractivity contribution < 1.29 is 9.53 Å². The van der Waals surface area contributed by atoms with Crippen LogP contribution in [0.15, 0.2) is 24.3 Å². The molecule has 0 bridgehead atoms. The lowest BCUT2D eigenvalue weighted by atomic mass is 9.58. The van der Waals surface area contributed by atoms with Gasteiger partial charge in [0.15, 0.2) is 0 Å². The summed E-state index contributed by atoms with van der Waals surface area (Å²) >= 11 is 0. The number of amides is 1. The SMILES string of the molecule is CCN(CC)C(=O)c1[nH]c2c(c1C)C[C@@H]1CN(CC3CC3)CC[C@@]1(c1cccc(OC)c1)C2. The van der Waals surface area contributed by atoms with Crippen LogP contribution in [0.5, 0.6) is 5.75 Å². The molecular formula is C28H39N3O2. The molecule has 2 aromatic rings. The van der Waals surface area contributed by atoms with Crippen LogP contribution in [0.4, 0.5) is 0 Å². The number of aromatic amines is 1. The molecule has 1 N–H and O–H groups in total. The van der Waals surface area contributed by atoms with Crippen LogP contribution in [-0.2, 0) is 18.3 Å². The Bertz CT molecular complexity index is 1020. The van der Waals surface area contributed by atoms with E-state index in [1.54, 1.807) is 7.11 Å². The predicted molar refractivity (Wildman–Crippen MR) is 132 cm³/mol. The van der Waals surface area contributed by atoms with E-state index in [4.69, 9.17) is 4.74 Å². The Morgan fingerprint density at radius 3 is 2.76 bits per heavy atom. The minimum absolute atomic E-state index is 0.0917. The largest absolute Gasteiger partial charge is 0.497 e. The van der Waals surface area contributed by atoms with E-state index >= 15 is 0 Å². The summed E-state index contributed by atoms with van der Waals surface area (Å²) in [7, 11) is 1.75. The van der Waals surface area contributed by atoms with Gasteiger partial charge in [-0.15, -0.1) is 0 Å². The summed E-state index contributed by atoms with van der Waals surface area (Å²) in [6.45, 7) is 11.3. The molecule has 1 aromatic heterocycles. The molecule has 1 aliphatic heterocycles. The summed E-state index contributed by atoms with van der Waals surface area (Å²) in [6, 6.07) is 8.74. The number of methoxy groups -OCH3 is 1. The first kappa shape index (κ1) is 22.5. The van der Waals surface area contributed by atoms with Crippen LogP contribution in [0.1, 0.15) is 66.0 Å². The van der Waals surface area contributed by atoms with Crippen molar-refractivity contribution in [1.82, 2.24) is 14.8 Å². The molecule has 3 aliphatic rings. The fourth-order valence-electron chi connectivity index (χ4n) is 6.45. The van der Waals surface area contributed by atoms with Crippen molar-refractivity contribution in [2.24, 2.45) is 11.8 Å². The average molecular weight is 450 g/mol. The number of nitrogens with one attached hydrogen (secondary N) is 1. The normalized spacial score (nSPS) is 24.8. The van der Waals surface area contributed by atoms with Gasteiger partial charge in [-0.05, 0) is 100 Å². The van der Waals surface area contributed by atoms with Gasteiger partial charge < -0.3 is 19.5 Å². The van der Waals surface area contributed by atoms with Crippen LogP contribution >= 0.6 is 0 Å². The number of ether oxygens (including phenoxy) is 1. The number of nitrogens with zero attached hydrogens (tertiary/aromatic N) is 2. The van der Waals surface area contributed by atoms with Gasteiger partial charge in [-0.3, -0.25) is 4.79 Å². The van der Waals surface area contributed by atoms with Gasteiger partial charge in [0.1, 0.15) is 11.4 Å². The Morgan fingerprint density at radius 2 is 2.06 bits per heavy atom. The van der Waals surface area contributed by atoms with Crippen molar-refractivity contribution in [2.75, 3.05) is 39.8 Å². The summed E-state index contributed by atoms with van der Waals surface area (Å²) in [5.74, 6) is 2.55. The highest BCUT2D eigenvalue weighted by Crippen LogP contribution is 2.49. The fourth-order valence-corrected chi connectivity index (χ4v) is 6.45. The standard InChI is InChI=1S/C28H39N3O2/c1-5-31(6-2)27(32)26-19(3)24-15-22-18-30(17-20-10-11-20)13-12-28(22,16-25(24)29-26)21-8-7-9-23(14-21)33-4/h7-9,14,20,22,29H,5-6,10-13,15-18H2,1-4H3/t22-,28+/m1/s1. The molecule has 2 fully saturated rings. The zero-order valence-corrected chi connectivity index (χ0v) is 20.7. The first-order valence-corrected chi connectivity index (χ1v) is 12.9. The molecule has 0 spiro atoms. The van der Waals surface area contributed by atoms with E-state index in [1.165, 1.54) is 41.8 Å². The minimum atomic E-state index is 0.0917. The number of likely N-dealkylation sites (tertiary alicyclic amines) is 1. The lowest BCUT2D eigenvalue weighted by molar-refractivity contribution is 0.0764. The molecule has 1 saturated heterocycles. The molecule has 0 radical (unpaired) electrons. The highest BCUT2D eigenvalue weighted by Gasteiger charge is 2.49. The second kappa shape index (κ2) is 8.83. The number of fused-ring (bicyclic) bond motifs is 2. The summed E-state index contributed by atoms with van der Waals surface area (Å²) in [5.41, 5.74) is 6.12. The second-order valence-electron chi connectivity index (χ2n) is 10.5. The highest BCUT2D eigenvalue weighted by molar-refractivity contribution is 5.94. The number of H-pyrrole nitrogens is 1. The van der Waals surface area contributed by atoms with Crippen LogP contribution in [0.3, 0.4) is 0 Å². The van der Waals surface area contributed by atoms with E-state index in [9.17, 15) is 4.79 Å². The van der Waals surface area contributed by atoms with Gasteiger partial charge in [0.05, 0.1) is 7.11 Å². The van der Waals surface area contributed by atoms with Gasteiger partial charge in [0.25, 0.3) is 5.91 Å². The van der Waals surface area contributed by atoms with Crippen molar-refractivity contribution in [1.29, 1.82) is 0 Å². The molecular weight excluding hydrogens is 410 g/mol. The maximum absolute atomic E-state index is 13.2. The molecule has 2 atom stereocenters. The van der Waals surface area contributed by atoms with E-state index in [1.807, 2.05) is 11.0 Å². The summed E-state index contributed by atoms with van der Waals surface area (Å²) in [5, 5.41) is 0. The topological polar surface area (TPSA) is 48.6 Å². The number of hydrogen-bond donors (Lipinski definition) is 1. The Hall–Kier alpha value is -2.27. The molecule has 2 heterocycles. The van der Waals surface area contributed by atoms with Gasteiger partial charge in [0.2, 0.25) is 0 Å². The van der Waals surface area contributed by atoms with Crippen LogP contribution in [0.2, 0.25) is 0 Å². The fraction of sp³-hybridized carbons (Fsp3) is 0.607. The van der Waals surface area contributed by atoms with E-state index in [-0.39, 0.29) is 11.3 Å². The zero-order valence-electron chi connectivity index (χ0n) is 20.7. The number of carbonyl (C=O) groups is 1. The predicted octanol–water partition coefficient (Wildman–Crippen LogP) is 4.58. The quantitative estimate of drug-likeness (QED) is 0.673. The molecule has 178 valence electrons. The van der Waals surface area contributed by atoms with Gasteiger partial charge in [-0.1, -0.05) is 12.1 Å². The van der Waals surface area contributed by atoms with Gasteiger partial charge >= 0.3 is 0 Å². The molecule has 5 heteroatoms. The molecule has 2 aliphatic carbocycles. The van der Waals surface area contributed by atoms with Crippen molar-refractivity contribution in [3.05, 3.63) is 52.3 Å². The summed E-state index contributed by atoms with van der Waals surface area (Å²) < 4.78 is 5.61. The van der Waals surface area contributed by atoms with Crippen LogP contribution in [0, 0.1) is 18.8 Å². The number of carbonyl (C=O) groups excluding carboxylic acids is 1. The third-order valence-electron chi connectivity index (χ3n) is 8.67. The second-order valence-corrected chi connectivity index (χ2v) is 10.5. The molecule has 33 heavy (non-hydrogen) atoms. The van der Waals surface area contributed by atoms with E-state index in [2.05, 4.69) is 48.9 Å². The molecule has 1 saturated carbocycles. The van der Waals surface area contributed by atoms with Gasteiger partial charge in [0, 0.05) is 37.3 Å². The lowest BCUT2D eigenvalue weighted by Gasteiger charge is -2.51. The van der Waals surface area contributed by atoms with Crippen molar-refractivity contribution in [3.63, 3.8) is 0 Å². The van der Waals surface area contributed by atoms with Crippen LogP contribution in [0.25, 0.3) is 0 Å². The maximum Gasteiger partial charge on any atom is 0.270 e. The van der Waals surface area contributed by atoms with E-state index in [0.717, 1.165) is 62.8 Å². The monoisotopic (exact) mass is 449 g/mol. The maximum atomic E-state index is 13.2. The molecule has 5 rings (SSSR count). The zero-order chi connectivity index (χ0) is 23.2. The number of rotatable bonds is 7. The Balaban J connectivity index is 1.53. The minimum Gasteiger partial charge on any atom is -0.497 e. The Labute approximate surface area is 198 Å². The number of benzene rings is 1. The highest BCUT2D eigenvalue weighted by atomic mass is 16.5. The first-order chi connectivity index (χ1) is 16.0. The smallest absolute Gasteiger partial charge is 0.270 e. The van der Waals surface area contributed by atoms with Crippen molar-refractivity contribution in [3.8, 4) is 5.75 Å². The van der Waals surface area contributed by atoms with Gasteiger partial charge in [-0.25, -0.2) is 0 Å². The first-order valence-electron chi connectivity index (χ1n) is 12.9. The lowest BCUT2D eigenvalue weighted by Crippen LogP contribution is -2.54. The third-order valence-corrected chi connectivity index (χ3v) is 8.67. The number of piperidine rings is 1. The summed E-state index contributed by atoms with van der Waals surface area (Å²) in [4.78, 5) is 21.5. The number of hydrogen-bond acceptors (Lipinski definition) is 3. The summed E-state index contributed by atoms with van der Waals surface area (Å²) in [6.07, 6.45) is 5.99. The molecule has 1 aromatic carbocycles. The Morgan fingerprint density at radius 1 is 1.27 bits per heavy atom. The Kier molecular flexibility index (Phi) is 6.02. The molecule has 0 unspecified atom stereocenters. The van der Waals surface area contributed by atoms with Crippen LogP contribution in [-0.4, -0.2) is 60.5 Å². The van der Waals surface area contributed by atoms with Crippen molar-refractivity contribution >= 4 is 5.91 Å². The van der Waals surface area contributed by atoms with Crippen LogP contribution < -0.4 is 4.74 Å². The van der Waals surface area contributed by atoms with E-state index in [0.29, 0.717) is 5.92 Å². The van der Waals surface area contributed by atoms with Gasteiger partial charge in [-0.2, -0.15) is 0 Å². The average Bonchev–Trinajstić information content (AvgIpc) is 3.60. The van der Waals surface area contributed by atoms with Crippen molar-refractivity contribution in [2.45, 2.75) is 58.3 Å². The number of aromatic nitrogens is 1. The third kappa shape index (κ3) is 3.99. The molecule has 5 nitrogen and oxygen atoms in total.